The van der Waals surface area contributed by atoms with Crippen LogP contribution in [0, 0.1) is 0 Å². The van der Waals surface area contributed by atoms with Crippen molar-refractivity contribution in [3.05, 3.63) is 48.0 Å². The second-order valence-electron chi connectivity index (χ2n) is 3.99. The molecule has 1 aliphatic rings. The minimum absolute atomic E-state index is 0.351. The van der Waals surface area contributed by atoms with Crippen molar-refractivity contribution in [2.45, 2.75) is 19.3 Å². The summed E-state index contributed by atoms with van der Waals surface area (Å²) in [5, 5.41) is 4.88. The van der Waals surface area contributed by atoms with Gasteiger partial charge in [0.15, 0.2) is 0 Å². The Kier molecular flexibility index (Phi) is 3.67. The molecule has 2 amide bonds. The Morgan fingerprint density at radius 1 is 1.11 bits per heavy atom. The molecule has 18 heavy (non-hydrogen) atoms. The molecular formula is C14H14N2O2. The molecule has 0 unspecified atom stereocenters. The molecule has 0 saturated heterocycles. The highest BCUT2D eigenvalue weighted by Gasteiger charge is 2.34. The third-order valence-electron chi connectivity index (χ3n) is 2.71. The van der Waals surface area contributed by atoms with Gasteiger partial charge in [-0.05, 0) is 31.4 Å². The predicted molar refractivity (Wildman–Crippen MR) is 69.5 cm³/mol. The number of allylic oxidation sites excluding steroid dienone is 1. The number of rotatable bonds is 5. The number of benzene rings is 1. The summed E-state index contributed by atoms with van der Waals surface area (Å²) in [7, 11) is 0. The predicted octanol–water partition coefficient (Wildman–Crippen LogP) is 2.62. The van der Waals surface area contributed by atoms with Crippen molar-refractivity contribution in [3.8, 4) is 0 Å². The zero-order valence-electron chi connectivity index (χ0n) is 10.0. The summed E-state index contributed by atoms with van der Waals surface area (Å²) in [5.41, 5.74) is 0.844. The van der Waals surface area contributed by atoms with Crippen molar-refractivity contribution < 1.29 is 9.59 Å². The second kappa shape index (κ2) is 5.40. The number of imide groups is 1. The van der Waals surface area contributed by atoms with Crippen molar-refractivity contribution in [2.24, 2.45) is 5.10 Å². The first-order valence-electron chi connectivity index (χ1n) is 5.87. The molecular weight excluding hydrogens is 228 g/mol. The van der Waals surface area contributed by atoms with E-state index >= 15 is 0 Å². The minimum atomic E-state index is -0.351. The molecule has 1 aromatic rings. The van der Waals surface area contributed by atoms with Crippen LogP contribution in [0.2, 0.25) is 0 Å². The molecule has 92 valence electrons. The van der Waals surface area contributed by atoms with Crippen LogP contribution in [-0.4, -0.2) is 23.0 Å². The lowest BCUT2D eigenvalue weighted by Crippen LogP contribution is -2.23. The molecule has 2 rings (SSSR count). The normalized spacial score (nSPS) is 14.3. The Morgan fingerprint density at radius 2 is 1.72 bits per heavy atom. The summed E-state index contributed by atoms with van der Waals surface area (Å²) in [6.07, 6.45) is 5.96. The van der Waals surface area contributed by atoms with E-state index in [9.17, 15) is 9.59 Å². The summed E-state index contributed by atoms with van der Waals surface area (Å²) in [6, 6.07) is 6.76. The highest BCUT2D eigenvalue weighted by Crippen LogP contribution is 2.22. The monoisotopic (exact) mass is 242 g/mol. The van der Waals surface area contributed by atoms with Crippen molar-refractivity contribution in [1.29, 1.82) is 0 Å². The molecule has 4 nitrogen and oxygen atoms in total. The van der Waals surface area contributed by atoms with Crippen LogP contribution >= 0.6 is 0 Å². The highest BCUT2D eigenvalue weighted by molar-refractivity contribution is 6.21. The first-order chi connectivity index (χ1) is 8.75. The van der Waals surface area contributed by atoms with Crippen molar-refractivity contribution in [2.75, 3.05) is 0 Å². The van der Waals surface area contributed by atoms with Crippen LogP contribution in [0.25, 0.3) is 0 Å². The Labute approximate surface area is 106 Å². The molecule has 0 aliphatic carbocycles. The van der Waals surface area contributed by atoms with Gasteiger partial charge >= 0.3 is 0 Å². The molecule has 0 atom stereocenters. The highest BCUT2D eigenvalue weighted by atomic mass is 16.2. The molecule has 0 spiro atoms. The lowest BCUT2D eigenvalue weighted by Gasteiger charge is -2.04. The van der Waals surface area contributed by atoms with Gasteiger partial charge in [-0.2, -0.15) is 10.1 Å². The first kappa shape index (κ1) is 12.2. The SMILES string of the molecule is C=CCCC/C=N/N1C(=O)c2ccccc2C1=O. The molecule has 1 heterocycles. The van der Waals surface area contributed by atoms with Gasteiger partial charge in [-0.1, -0.05) is 18.2 Å². The largest absolute Gasteiger partial charge is 0.282 e. The molecule has 4 heteroatoms. The van der Waals surface area contributed by atoms with Crippen LogP contribution in [0.5, 0.6) is 0 Å². The van der Waals surface area contributed by atoms with E-state index in [2.05, 4.69) is 11.7 Å². The van der Waals surface area contributed by atoms with Gasteiger partial charge < -0.3 is 0 Å². The number of carbonyl (C=O) groups is 2. The molecule has 0 fully saturated rings. The number of hydrogen-bond donors (Lipinski definition) is 0. The van der Waals surface area contributed by atoms with Gasteiger partial charge in [0.25, 0.3) is 11.8 Å². The van der Waals surface area contributed by atoms with Gasteiger partial charge in [0.1, 0.15) is 0 Å². The molecule has 0 bridgehead atoms. The second-order valence-corrected chi connectivity index (χ2v) is 3.99. The van der Waals surface area contributed by atoms with Gasteiger partial charge in [0.2, 0.25) is 0 Å². The average molecular weight is 242 g/mol. The van der Waals surface area contributed by atoms with Crippen molar-refractivity contribution >= 4 is 18.0 Å². The smallest absolute Gasteiger partial charge is 0.267 e. The molecule has 1 aromatic carbocycles. The van der Waals surface area contributed by atoms with E-state index in [1.807, 2.05) is 6.08 Å². The maximum absolute atomic E-state index is 11.9. The molecule has 0 N–H and O–H groups in total. The quantitative estimate of drug-likeness (QED) is 0.345. The fourth-order valence-electron chi connectivity index (χ4n) is 1.77. The Hall–Kier alpha value is -2.23. The van der Waals surface area contributed by atoms with E-state index in [0.717, 1.165) is 24.3 Å². The Bertz CT molecular complexity index is 485. The van der Waals surface area contributed by atoms with E-state index in [1.54, 1.807) is 30.5 Å². The van der Waals surface area contributed by atoms with E-state index in [0.29, 0.717) is 11.1 Å². The fraction of sp³-hybridized carbons (Fsp3) is 0.214. The molecule has 1 aliphatic heterocycles. The third-order valence-corrected chi connectivity index (χ3v) is 2.71. The van der Waals surface area contributed by atoms with Gasteiger partial charge in [0, 0.05) is 6.21 Å². The Morgan fingerprint density at radius 3 is 2.28 bits per heavy atom. The minimum Gasteiger partial charge on any atom is -0.267 e. The van der Waals surface area contributed by atoms with Crippen LogP contribution in [0.4, 0.5) is 0 Å². The molecule has 0 radical (unpaired) electrons. The molecule has 0 aromatic heterocycles. The Balaban J connectivity index is 2.07. The third kappa shape index (κ3) is 2.22. The summed E-state index contributed by atoms with van der Waals surface area (Å²) >= 11 is 0. The maximum atomic E-state index is 11.9. The lowest BCUT2D eigenvalue weighted by atomic mass is 10.1. The summed E-state index contributed by atoms with van der Waals surface area (Å²) in [6.45, 7) is 3.62. The standard InChI is InChI=1S/C14H14N2O2/c1-2-3-4-7-10-15-16-13(17)11-8-5-6-9-12(11)14(16)18/h2,5-6,8-10H,1,3-4,7H2/b15-10+. The number of fused-ring (bicyclic) bond motifs is 1. The van der Waals surface area contributed by atoms with Gasteiger partial charge in [0.05, 0.1) is 11.1 Å². The number of nitrogens with zero attached hydrogens (tertiary/aromatic N) is 2. The summed E-state index contributed by atoms with van der Waals surface area (Å²) in [5.74, 6) is -0.703. The number of carbonyl (C=O) groups excluding carboxylic acids is 2. The average Bonchev–Trinajstić information content (AvgIpc) is 2.64. The van der Waals surface area contributed by atoms with Crippen LogP contribution in [0.1, 0.15) is 40.0 Å². The van der Waals surface area contributed by atoms with Crippen molar-refractivity contribution in [3.63, 3.8) is 0 Å². The van der Waals surface area contributed by atoms with Crippen LogP contribution in [-0.2, 0) is 0 Å². The van der Waals surface area contributed by atoms with Crippen molar-refractivity contribution in [1.82, 2.24) is 5.01 Å². The van der Waals surface area contributed by atoms with E-state index in [1.165, 1.54) is 0 Å². The van der Waals surface area contributed by atoms with E-state index in [4.69, 9.17) is 0 Å². The van der Waals surface area contributed by atoms with E-state index in [-0.39, 0.29) is 11.8 Å². The van der Waals surface area contributed by atoms with Crippen LogP contribution in [0.3, 0.4) is 0 Å². The topological polar surface area (TPSA) is 49.7 Å². The number of unbranched alkanes of at least 4 members (excludes halogenated alkanes) is 2. The lowest BCUT2D eigenvalue weighted by molar-refractivity contribution is 0.0659. The van der Waals surface area contributed by atoms with E-state index < -0.39 is 0 Å². The fourth-order valence-corrected chi connectivity index (χ4v) is 1.77. The zero-order valence-corrected chi connectivity index (χ0v) is 10.0. The number of hydrazone groups is 1. The molecule has 0 saturated carbocycles. The zero-order chi connectivity index (χ0) is 13.0. The van der Waals surface area contributed by atoms with Crippen LogP contribution < -0.4 is 0 Å². The number of hydrogen-bond acceptors (Lipinski definition) is 3. The first-order valence-corrected chi connectivity index (χ1v) is 5.87. The van der Waals surface area contributed by atoms with Gasteiger partial charge in [-0.3, -0.25) is 9.59 Å². The number of amides is 2. The van der Waals surface area contributed by atoms with Gasteiger partial charge in [-0.25, -0.2) is 0 Å². The maximum Gasteiger partial charge on any atom is 0.282 e. The van der Waals surface area contributed by atoms with Crippen LogP contribution in [0.15, 0.2) is 42.0 Å². The summed E-state index contributed by atoms with van der Waals surface area (Å²) in [4.78, 5) is 23.8. The summed E-state index contributed by atoms with van der Waals surface area (Å²) < 4.78 is 0. The van der Waals surface area contributed by atoms with Gasteiger partial charge in [-0.15, -0.1) is 6.58 Å².